The molecule has 31 heavy (non-hydrogen) atoms. The number of carbonyl (C=O) groups excluding carboxylic acids is 2. The van der Waals surface area contributed by atoms with E-state index in [-0.39, 0.29) is 37.3 Å². The highest BCUT2D eigenvalue weighted by atomic mass is 79.9. The number of halogens is 1. The molecule has 0 saturated heterocycles. The molecule has 3 rings (SSSR count). The summed E-state index contributed by atoms with van der Waals surface area (Å²) >= 11 is 3.26. The van der Waals surface area contributed by atoms with Gasteiger partial charge in [0.2, 0.25) is 5.91 Å². The van der Waals surface area contributed by atoms with Crippen LogP contribution in [0.2, 0.25) is 0 Å². The number of oxime groups is 1. The minimum absolute atomic E-state index is 0.127. The number of carbonyl (C=O) groups is 2. The lowest BCUT2D eigenvalue weighted by Gasteiger charge is -2.19. The van der Waals surface area contributed by atoms with Crippen molar-refractivity contribution in [3.05, 3.63) is 65.7 Å². The van der Waals surface area contributed by atoms with Crippen molar-refractivity contribution >= 4 is 32.6 Å². The number of nitrogens with one attached hydrogen (secondary N) is 2. The molecule has 0 aromatic heterocycles. The van der Waals surface area contributed by atoms with E-state index in [9.17, 15) is 14.7 Å². The average Bonchev–Trinajstić information content (AvgIpc) is 3.19. The molecule has 9 heteroatoms. The maximum absolute atomic E-state index is 12.7. The normalized spacial score (nSPS) is 16.0. The van der Waals surface area contributed by atoms with Gasteiger partial charge in [-0.1, -0.05) is 47.6 Å². The Labute approximate surface area is 188 Å². The lowest BCUT2D eigenvalue weighted by Crippen LogP contribution is -2.49. The Kier molecular flexibility index (Phi) is 8.28. The first kappa shape index (κ1) is 22.6. The molecule has 0 saturated carbocycles. The van der Waals surface area contributed by atoms with Crippen LogP contribution in [0.15, 0.2) is 59.8 Å². The predicted molar refractivity (Wildman–Crippen MR) is 119 cm³/mol. The lowest BCUT2D eigenvalue weighted by atomic mass is 10.0. The number of nitrogens with zero attached hydrogens (tertiary/aromatic N) is 1. The van der Waals surface area contributed by atoms with Crippen LogP contribution < -0.4 is 10.6 Å². The fraction of sp³-hybridized carbons (Fsp3) is 0.318. The SMILES string of the molecule is O=C(NC(Cc1ccc(O)cc1)C(=O)NCC1CC(Br)=NO1)OCCc1ccccc1. The van der Waals surface area contributed by atoms with Crippen molar-refractivity contribution in [3.63, 3.8) is 0 Å². The number of phenolic OH excluding ortho intramolecular Hbond substituents is 1. The van der Waals surface area contributed by atoms with E-state index < -0.39 is 12.1 Å². The molecule has 3 N–H and O–H groups in total. The molecule has 0 fully saturated rings. The van der Waals surface area contributed by atoms with Gasteiger partial charge in [-0.3, -0.25) is 4.79 Å². The van der Waals surface area contributed by atoms with Crippen molar-refractivity contribution in [3.8, 4) is 5.75 Å². The zero-order valence-corrected chi connectivity index (χ0v) is 18.4. The molecule has 2 aromatic rings. The summed E-state index contributed by atoms with van der Waals surface area (Å²) in [7, 11) is 0. The van der Waals surface area contributed by atoms with Crippen LogP contribution in [0.4, 0.5) is 4.79 Å². The molecule has 2 aromatic carbocycles. The molecular formula is C22H24BrN3O5. The fourth-order valence-corrected chi connectivity index (χ4v) is 3.45. The number of hydrogen-bond donors (Lipinski definition) is 3. The van der Waals surface area contributed by atoms with Crippen molar-refractivity contribution in [2.45, 2.75) is 31.4 Å². The minimum Gasteiger partial charge on any atom is -0.508 e. The number of ether oxygens (including phenoxy) is 1. The Bertz CT molecular complexity index is 905. The van der Waals surface area contributed by atoms with Gasteiger partial charge in [-0.05, 0) is 39.2 Å². The molecule has 164 valence electrons. The van der Waals surface area contributed by atoms with Crippen LogP contribution >= 0.6 is 15.9 Å². The first-order chi connectivity index (χ1) is 15.0. The highest BCUT2D eigenvalue weighted by Gasteiger charge is 2.25. The molecule has 0 radical (unpaired) electrons. The summed E-state index contributed by atoms with van der Waals surface area (Å²) in [5, 5.41) is 18.7. The van der Waals surface area contributed by atoms with Crippen LogP contribution in [0.25, 0.3) is 0 Å². The summed E-state index contributed by atoms with van der Waals surface area (Å²) in [5.74, 6) is -0.235. The van der Waals surface area contributed by atoms with Gasteiger partial charge < -0.3 is 25.3 Å². The number of phenols is 1. The summed E-state index contributed by atoms with van der Waals surface area (Å²) in [6.45, 7) is 0.457. The Hall–Kier alpha value is -3.07. The van der Waals surface area contributed by atoms with Crippen LogP contribution in [0, 0.1) is 0 Å². The quantitative estimate of drug-likeness (QED) is 0.501. The molecular weight excluding hydrogens is 466 g/mol. The second-order valence-electron chi connectivity index (χ2n) is 7.08. The smallest absolute Gasteiger partial charge is 0.407 e. The number of rotatable bonds is 9. The molecule has 1 aliphatic heterocycles. The molecule has 1 heterocycles. The molecule has 2 unspecified atom stereocenters. The van der Waals surface area contributed by atoms with Gasteiger partial charge in [-0.15, -0.1) is 0 Å². The number of aromatic hydroxyl groups is 1. The van der Waals surface area contributed by atoms with Crippen LogP contribution in [0.1, 0.15) is 17.5 Å². The molecule has 0 spiro atoms. The standard InChI is InChI=1S/C22H24BrN3O5/c23-20-13-18(31-26-20)14-24-21(28)19(12-16-6-8-17(27)9-7-16)25-22(29)30-11-10-15-4-2-1-3-5-15/h1-9,18-19,27H,10-14H2,(H,24,28)(H,25,29). The summed E-state index contributed by atoms with van der Waals surface area (Å²) in [6.07, 6.45) is 0.462. The Balaban J connectivity index is 1.54. The molecule has 8 nitrogen and oxygen atoms in total. The van der Waals surface area contributed by atoms with Crippen molar-refractivity contribution in [1.29, 1.82) is 0 Å². The second kappa shape index (κ2) is 11.4. The summed E-state index contributed by atoms with van der Waals surface area (Å²) in [5.41, 5.74) is 1.84. The van der Waals surface area contributed by atoms with E-state index in [2.05, 4.69) is 31.7 Å². The van der Waals surface area contributed by atoms with Gasteiger partial charge in [-0.25, -0.2) is 4.79 Å². The third-order valence-corrected chi connectivity index (χ3v) is 5.12. The molecule has 2 atom stereocenters. The molecule has 0 bridgehead atoms. The minimum atomic E-state index is -0.848. The maximum atomic E-state index is 12.7. The number of amides is 2. The van der Waals surface area contributed by atoms with Crippen molar-refractivity contribution in [2.75, 3.05) is 13.2 Å². The van der Waals surface area contributed by atoms with Gasteiger partial charge in [0.15, 0.2) is 6.10 Å². The molecule has 0 aliphatic carbocycles. The third-order valence-electron chi connectivity index (χ3n) is 4.65. The van der Waals surface area contributed by atoms with Crippen LogP contribution in [0.3, 0.4) is 0 Å². The van der Waals surface area contributed by atoms with E-state index in [0.29, 0.717) is 17.5 Å². The van der Waals surface area contributed by atoms with Gasteiger partial charge in [0.05, 0.1) is 13.2 Å². The summed E-state index contributed by atoms with van der Waals surface area (Å²) in [6, 6.07) is 15.3. The number of benzene rings is 2. The second-order valence-corrected chi connectivity index (χ2v) is 8.00. The van der Waals surface area contributed by atoms with Gasteiger partial charge in [0.1, 0.15) is 16.4 Å². The Morgan fingerprint density at radius 1 is 1.16 bits per heavy atom. The zero-order chi connectivity index (χ0) is 22.1. The molecule has 1 aliphatic rings. The van der Waals surface area contributed by atoms with Crippen LogP contribution in [-0.2, 0) is 27.2 Å². The van der Waals surface area contributed by atoms with E-state index >= 15 is 0 Å². The van der Waals surface area contributed by atoms with Crippen molar-refractivity contribution < 1.29 is 24.3 Å². The molecule has 2 amide bonds. The Morgan fingerprint density at radius 3 is 2.58 bits per heavy atom. The predicted octanol–water partition coefficient (Wildman–Crippen LogP) is 2.89. The Morgan fingerprint density at radius 2 is 1.90 bits per heavy atom. The lowest BCUT2D eigenvalue weighted by molar-refractivity contribution is -0.123. The topological polar surface area (TPSA) is 109 Å². The van der Waals surface area contributed by atoms with Crippen molar-refractivity contribution in [1.82, 2.24) is 10.6 Å². The first-order valence-electron chi connectivity index (χ1n) is 9.90. The summed E-state index contributed by atoms with van der Waals surface area (Å²) < 4.78 is 5.94. The van der Waals surface area contributed by atoms with Gasteiger partial charge in [0.25, 0.3) is 0 Å². The van der Waals surface area contributed by atoms with E-state index in [1.54, 1.807) is 12.1 Å². The van der Waals surface area contributed by atoms with E-state index in [1.807, 2.05) is 30.3 Å². The maximum Gasteiger partial charge on any atom is 0.407 e. The number of hydrogen-bond acceptors (Lipinski definition) is 6. The number of alkyl carbamates (subject to hydrolysis) is 1. The first-order valence-corrected chi connectivity index (χ1v) is 10.7. The average molecular weight is 490 g/mol. The largest absolute Gasteiger partial charge is 0.508 e. The van der Waals surface area contributed by atoms with Crippen molar-refractivity contribution in [2.24, 2.45) is 5.16 Å². The van der Waals surface area contributed by atoms with Crippen LogP contribution in [0.5, 0.6) is 5.75 Å². The highest BCUT2D eigenvalue weighted by molar-refractivity contribution is 9.18. The van der Waals surface area contributed by atoms with Gasteiger partial charge >= 0.3 is 6.09 Å². The third kappa shape index (κ3) is 7.60. The van der Waals surface area contributed by atoms with E-state index in [0.717, 1.165) is 11.1 Å². The van der Waals surface area contributed by atoms with Gasteiger partial charge in [0, 0.05) is 19.3 Å². The highest BCUT2D eigenvalue weighted by Crippen LogP contribution is 2.14. The summed E-state index contributed by atoms with van der Waals surface area (Å²) in [4.78, 5) is 30.2. The van der Waals surface area contributed by atoms with E-state index in [1.165, 1.54) is 12.1 Å². The van der Waals surface area contributed by atoms with Crippen LogP contribution in [-0.4, -0.2) is 47.0 Å². The fourth-order valence-electron chi connectivity index (χ4n) is 3.01. The van der Waals surface area contributed by atoms with E-state index in [4.69, 9.17) is 9.57 Å². The monoisotopic (exact) mass is 489 g/mol. The zero-order valence-electron chi connectivity index (χ0n) is 16.8. The van der Waals surface area contributed by atoms with Gasteiger partial charge in [-0.2, -0.15) is 0 Å².